The molecule has 2 heterocycles. The number of ether oxygens (including phenoxy) is 2. The van der Waals surface area contributed by atoms with Crippen LogP contribution in [0.5, 0.6) is 11.5 Å². The van der Waals surface area contributed by atoms with E-state index in [9.17, 15) is 20.2 Å². The van der Waals surface area contributed by atoms with Crippen LogP contribution in [0.2, 0.25) is 0 Å². The molecule has 156 valence electrons. The number of amides is 1. The number of rotatable bonds is 5. The minimum absolute atomic E-state index is 0.0666. The summed E-state index contributed by atoms with van der Waals surface area (Å²) in [5, 5.41) is 23.4. The summed E-state index contributed by atoms with van der Waals surface area (Å²) in [4.78, 5) is 23.5. The van der Waals surface area contributed by atoms with Gasteiger partial charge in [-0.1, -0.05) is 0 Å². The van der Waals surface area contributed by atoms with Crippen LogP contribution in [0.1, 0.15) is 36.8 Å². The molecule has 2 aromatic rings. The van der Waals surface area contributed by atoms with Gasteiger partial charge in [0.1, 0.15) is 30.5 Å². The normalized spacial score (nSPS) is 13.1. The predicted molar refractivity (Wildman–Crippen MR) is 111 cm³/mol. The third-order valence-corrected chi connectivity index (χ3v) is 4.81. The lowest BCUT2D eigenvalue weighted by atomic mass is 10.1. The molecule has 0 fully saturated rings. The molecule has 1 aliphatic rings. The molecule has 3 rings (SSSR count). The van der Waals surface area contributed by atoms with Gasteiger partial charge in [0.25, 0.3) is 11.6 Å². The zero-order valence-corrected chi connectivity index (χ0v) is 17.2. The van der Waals surface area contributed by atoms with Crippen molar-refractivity contribution in [3.63, 3.8) is 0 Å². The van der Waals surface area contributed by atoms with Gasteiger partial charge < -0.3 is 19.4 Å². The topological polar surface area (TPSA) is 119 Å². The van der Waals surface area contributed by atoms with Crippen molar-refractivity contribution in [2.45, 2.75) is 33.7 Å². The van der Waals surface area contributed by atoms with Crippen molar-refractivity contribution in [3.8, 4) is 17.6 Å². The third kappa shape index (κ3) is 3.98. The number of hydrogen-bond acceptors (Lipinski definition) is 6. The number of benzene rings is 1. The highest BCUT2D eigenvalue weighted by atomic mass is 16.6. The summed E-state index contributed by atoms with van der Waals surface area (Å²) in [5.74, 6) is -0.208. The van der Waals surface area contributed by atoms with Gasteiger partial charge in [-0.15, -0.1) is 0 Å². The molecule has 0 saturated carbocycles. The number of hydrogen-bond donors (Lipinski definition) is 1. The molecular formula is C21H22N4O5. The van der Waals surface area contributed by atoms with E-state index in [4.69, 9.17) is 9.47 Å². The standard InChI is InChI=1S/C21H22N4O5/c1-12(2)24-13(3)7-15(14(24)4)8-16(11-22)21(26)23-17-9-19-20(30-6-5-29-19)10-18(17)25(27)28/h7-10,12H,5-6H2,1-4H3,(H,23,26)/b16-8+. The lowest BCUT2D eigenvalue weighted by Crippen LogP contribution is -2.18. The summed E-state index contributed by atoms with van der Waals surface area (Å²) in [6, 6.07) is 6.55. The van der Waals surface area contributed by atoms with Gasteiger partial charge in [0.15, 0.2) is 11.5 Å². The summed E-state index contributed by atoms with van der Waals surface area (Å²) in [6.07, 6.45) is 1.49. The Bertz CT molecular complexity index is 1090. The van der Waals surface area contributed by atoms with Crippen molar-refractivity contribution in [1.82, 2.24) is 4.57 Å². The number of anilines is 1. The summed E-state index contributed by atoms with van der Waals surface area (Å²) in [5.41, 5.74) is 2.10. The third-order valence-electron chi connectivity index (χ3n) is 4.81. The zero-order chi connectivity index (χ0) is 22.0. The molecule has 0 bridgehead atoms. The minimum atomic E-state index is -0.744. The van der Waals surface area contributed by atoms with Gasteiger partial charge in [0, 0.05) is 23.5 Å². The Balaban J connectivity index is 1.95. The highest BCUT2D eigenvalue weighted by Gasteiger charge is 2.24. The number of nitrogens with one attached hydrogen (secondary N) is 1. The number of carbonyl (C=O) groups is 1. The van der Waals surface area contributed by atoms with Crippen molar-refractivity contribution >= 4 is 23.4 Å². The van der Waals surface area contributed by atoms with E-state index in [1.165, 1.54) is 18.2 Å². The quantitative estimate of drug-likeness (QED) is 0.345. The van der Waals surface area contributed by atoms with Crippen molar-refractivity contribution in [2.24, 2.45) is 0 Å². The van der Waals surface area contributed by atoms with E-state index < -0.39 is 10.8 Å². The Kier molecular flexibility index (Phi) is 5.78. The lowest BCUT2D eigenvalue weighted by Gasteiger charge is -2.19. The monoisotopic (exact) mass is 410 g/mol. The lowest BCUT2D eigenvalue weighted by molar-refractivity contribution is -0.384. The molecule has 1 aliphatic heterocycles. The molecule has 0 aliphatic carbocycles. The smallest absolute Gasteiger partial charge is 0.296 e. The van der Waals surface area contributed by atoms with Crippen LogP contribution in [0.25, 0.3) is 6.08 Å². The van der Waals surface area contributed by atoms with E-state index in [0.717, 1.165) is 17.0 Å². The first-order valence-electron chi connectivity index (χ1n) is 9.42. The van der Waals surface area contributed by atoms with Crippen LogP contribution in [-0.4, -0.2) is 28.6 Å². The summed E-state index contributed by atoms with van der Waals surface area (Å²) in [7, 11) is 0. The van der Waals surface area contributed by atoms with E-state index in [1.807, 2.05) is 39.8 Å². The SMILES string of the molecule is Cc1cc(/C=C(\C#N)C(=O)Nc2cc3c(cc2[N+](=O)[O-])OCCO3)c(C)n1C(C)C. The molecule has 1 aromatic heterocycles. The van der Waals surface area contributed by atoms with Gasteiger partial charge in [-0.2, -0.15) is 5.26 Å². The first-order valence-corrected chi connectivity index (χ1v) is 9.42. The number of nitro benzene ring substituents is 1. The fourth-order valence-corrected chi connectivity index (χ4v) is 3.57. The summed E-state index contributed by atoms with van der Waals surface area (Å²) in [6.45, 7) is 8.55. The number of nitrogens with zero attached hydrogens (tertiary/aromatic N) is 3. The van der Waals surface area contributed by atoms with E-state index in [2.05, 4.69) is 9.88 Å². The average Bonchev–Trinajstić information content (AvgIpc) is 2.98. The first kappa shape index (κ1) is 20.9. The highest BCUT2D eigenvalue weighted by molar-refractivity contribution is 6.10. The Morgan fingerprint density at radius 1 is 1.27 bits per heavy atom. The number of aromatic nitrogens is 1. The van der Waals surface area contributed by atoms with Gasteiger partial charge in [-0.05, 0) is 45.4 Å². The Hall–Kier alpha value is -3.80. The molecule has 0 spiro atoms. The van der Waals surface area contributed by atoms with Crippen LogP contribution < -0.4 is 14.8 Å². The van der Waals surface area contributed by atoms with E-state index in [1.54, 1.807) is 0 Å². The summed E-state index contributed by atoms with van der Waals surface area (Å²) >= 11 is 0. The number of carbonyl (C=O) groups excluding carboxylic acids is 1. The molecule has 0 radical (unpaired) electrons. The van der Waals surface area contributed by atoms with Gasteiger partial charge >= 0.3 is 0 Å². The highest BCUT2D eigenvalue weighted by Crippen LogP contribution is 2.39. The van der Waals surface area contributed by atoms with E-state index >= 15 is 0 Å². The average molecular weight is 410 g/mol. The maximum Gasteiger partial charge on any atom is 0.296 e. The minimum Gasteiger partial charge on any atom is -0.486 e. The molecule has 1 N–H and O–H groups in total. The van der Waals surface area contributed by atoms with Gasteiger partial charge in [0.05, 0.1) is 11.0 Å². The van der Waals surface area contributed by atoms with Crippen LogP contribution in [0.3, 0.4) is 0 Å². The van der Waals surface area contributed by atoms with E-state index in [-0.39, 0.29) is 35.3 Å². The molecule has 1 amide bonds. The van der Waals surface area contributed by atoms with Gasteiger partial charge in [0.2, 0.25) is 0 Å². The van der Waals surface area contributed by atoms with Crippen molar-refractivity contribution in [3.05, 3.63) is 50.8 Å². The van der Waals surface area contributed by atoms with Gasteiger partial charge in [-0.3, -0.25) is 14.9 Å². The van der Waals surface area contributed by atoms with Gasteiger partial charge in [-0.25, -0.2) is 0 Å². The number of fused-ring (bicyclic) bond motifs is 1. The number of nitriles is 1. The molecule has 0 atom stereocenters. The van der Waals surface area contributed by atoms with Crippen molar-refractivity contribution in [1.29, 1.82) is 5.26 Å². The molecule has 0 unspecified atom stereocenters. The second-order valence-corrected chi connectivity index (χ2v) is 7.18. The zero-order valence-electron chi connectivity index (χ0n) is 17.2. The second-order valence-electron chi connectivity index (χ2n) is 7.18. The molecule has 0 saturated heterocycles. The van der Waals surface area contributed by atoms with Crippen LogP contribution in [0.15, 0.2) is 23.8 Å². The molecule has 30 heavy (non-hydrogen) atoms. The van der Waals surface area contributed by atoms with Crippen LogP contribution in [0, 0.1) is 35.3 Å². The maximum absolute atomic E-state index is 12.7. The summed E-state index contributed by atoms with van der Waals surface area (Å²) < 4.78 is 12.9. The van der Waals surface area contributed by atoms with Crippen LogP contribution in [0.4, 0.5) is 11.4 Å². The maximum atomic E-state index is 12.7. The molecule has 1 aromatic carbocycles. The number of aryl methyl sites for hydroxylation is 1. The number of nitro groups is 1. The van der Waals surface area contributed by atoms with Crippen molar-refractivity contribution < 1.29 is 19.2 Å². The molecule has 9 heteroatoms. The largest absolute Gasteiger partial charge is 0.486 e. The Labute approximate surface area is 173 Å². The fourth-order valence-electron chi connectivity index (χ4n) is 3.57. The van der Waals surface area contributed by atoms with Crippen LogP contribution >= 0.6 is 0 Å². The molecule has 9 nitrogen and oxygen atoms in total. The predicted octanol–water partition coefficient (Wildman–Crippen LogP) is 3.91. The first-order chi connectivity index (χ1) is 14.2. The Morgan fingerprint density at radius 3 is 2.43 bits per heavy atom. The van der Waals surface area contributed by atoms with E-state index in [0.29, 0.717) is 12.4 Å². The molecular weight excluding hydrogens is 388 g/mol. The Morgan fingerprint density at radius 2 is 1.90 bits per heavy atom. The van der Waals surface area contributed by atoms with Crippen LogP contribution in [-0.2, 0) is 4.79 Å². The second kappa shape index (κ2) is 8.29. The van der Waals surface area contributed by atoms with Crippen molar-refractivity contribution in [2.75, 3.05) is 18.5 Å². The fraction of sp³-hybridized carbons (Fsp3) is 0.333.